The van der Waals surface area contributed by atoms with Gasteiger partial charge in [0.15, 0.2) is 17.3 Å². The summed E-state index contributed by atoms with van der Waals surface area (Å²) in [5, 5.41) is 8.55. The van der Waals surface area contributed by atoms with Gasteiger partial charge in [-0.05, 0) is 30.5 Å². The number of aliphatic carboxylic acids is 1. The van der Waals surface area contributed by atoms with Crippen molar-refractivity contribution < 1.29 is 24.2 Å². The molecule has 0 saturated heterocycles. The van der Waals surface area contributed by atoms with Gasteiger partial charge < -0.3 is 14.6 Å². The molecule has 0 spiro atoms. The van der Waals surface area contributed by atoms with E-state index in [9.17, 15) is 9.59 Å². The predicted octanol–water partition coefficient (Wildman–Crippen LogP) is 2.07. The monoisotopic (exact) mass is 264 g/mol. The van der Waals surface area contributed by atoms with E-state index >= 15 is 0 Å². The number of benzene rings is 1. The average molecular weight is 264 g/mol. The molecule has 0 aliphatic heterocycles. The molecule has 1 aromatic rings. The lowest BCUT2D eigenvalue weighted by atomic mass is 10.1. The second-order valence-electron chi connectivity index (χ2n) is 4.43. The number of ether oxygens (including phenoxy) is 2. The molecule has 0 bridgehead atoms. The molecule has 0 amide bonds. The number of hydrogen-bond acceptors (Lipinski definition) is 4. The third-order valence-corrected chi connectivity index (χ3v) is 3.10. The maximum absolute atomic E-state index is 11.7. The van der Waals surface area contributed by atoms with Crippen molar-refractivity contribution in [3.05, 3.63) is 23.3 Å². The van der Waals surface area contributed by atoms with Gasteiger partial charge in [-0.1, -0.05) is 0 Å². The number of carbonyl (C=O) groups is 2. The van der Waals surface area contributed by atoms with E-state index in [-0.39, 0.29) is 18.8 Å². The molecule has 0 radical (unpaired) electrons. The van der Waals surface area contributed by atoms with Gasteiger partial charge in [0, 0.05) is 18.4 Å². The molecule has 0 fully saturated rings. The molecule has 102 valence electrons. The van der Waals surface area contributed by atoms with Gasteiger partial charge in [-0.25, -0.2) is 0 Å². The summed E-state index contributed by atoms with van der Waals surface area (Å²) in [4.78, 5) is 22.1. The Balaban J connectivity index is 2.09. The quantitative estimate of drug-likeness (QED) is 0.796. The van der Waals surface area contributed by atoms with Crippen LogP contribution in [0.2, 0.25) is 0 Å². The van der Waals surface area contributed by atoms with Gasteiger partial charge in [0.1, 0.15) is 0 Å². The second kappa shape index (κ2) is 5.73. The van der Waals surface area contributed by atoms with Gasteiger partial charge in [0.25, 0.3) is 0 Å². The number of methoxy groups -OCH3 is 1. The van der Waals surface area contributed by atoms with Gasteiger partial charge in [0.05, 0.1) is 13.7 Å². The summed E-state index contributed by atoms with van der Waals surface area (Å²) in [5.74, 6) is 0.360. The Hall–Kier alpha value is -2.04. The average Bonchev–Trinajstić information content (AvgIpc) is 2.74. The molecule has 1 aliphatic rings. The number of carboxylic acid groups (broad SMARTS) is 1. The zero-order valence-electron chi connectivity index (χ0n) is 10.8. The molecular weight excluding hydrogens is 248 g/mol. The zero-order chi connectivity index (χ0) is 13.8. The number of hydrogen-bond donors (Lipinski definition) is 1. The van der Waals surface area contributed by atoms with Crippen LogP contribution in [0.25, 0.3) is 0 Å². The molecule has 2 rings (SSSR count). The lowest BCUT2D eigenvalue weighted by Gasteiger charge is -2.12. The Morgan fingerprint density at radius 1 is 1.32 bits per heavy atom. The standard InChI is InChI=1S/C14H16O5/c1-18-12-7-9-4-5-11(15)10(9)8-13(12)19-6-2-3-14(16)17/h7-8H,2-6H2,1H3,(H,16,17). The van der Waals surface area contributed by atoms with Crippen LogP contribution in [-0.4, -0.2) is 30.6 Å². The van der Waals surface area contributed by atoms with Crippen LogP contribution in [0, 0.1) is 0 Å². The first-order valence-electron chi connectivity index (χ1n) is 6.20. The highest BCUT2D eigenvalue weighted by molar-refractivity contribution is 6.01. The molecule has 1 aliphatic carbocycles. The molecule has 0 atom stereocenters. The van der Waals surface area contributed by atoms with E-state index in [1.165, 1.54) is 0 Å². The molecule has 0 unspecified atom stereocenters. The van der Waals surface area contributed by atoms with E-state index in [1.54, 1.807) is 13.2 Å². The van der Waals surface area contributed by atoms with Crippen LogP contribution in [0.4, 0.5) is 0 Å². The number of Topliss-reactive ketones (excluding diaryl/α,β-unsaturated/α-hetero) is 1. The van der Waals surface area contributed by atoms with Crippen LogP contribution in [0.5, 0.6) is 11.5 Å². The Bertz CT molecular complexity index is 507. The Morgan fingerprint density at radius 2 is 2.11 bits per heavy atom. The van der Waals surface area contributed by atoms with Gasteiger partial charge in [-0.2, -0.15) is 0 Å². The summed E-state index contributed by atoms with van der Waals surface area (Å²) in [5.41, 5.74) is 1.67. The van der Waals surface area contributed by atoms with E-state index in [0.29, 0.717) is 29.9 Å². The number of rotatable bonds is 6. The Kier molecular flexibility index (Phi) is 4.04. The fraction of sp³-hybridized carbons (Fsp3) is 0.429. The summed E-state index contributed by atoms with van der Waals surface area (Å²) in [6.45, 7) is 0.287. The minimum absolute atomic E-state index is 0.0617. The van der Waals surface area contributed by atoms with E-state index in [1.807, 2.05) is 6.07 Å². The van der Waals surface area contributed by atoms with Crippen LogP contribution < -0.4 is 9.47 Å². The number of fused-ring (bicyclic) bond motifs is 1. The van der Waals surface area contributed by atoms with Crippen molar-refractivity contribution in [3.8, 4) is 11.5 Å². The summed E-state index contributed by atoms with van der Waals surface area (Å²) in [6, 6.07) is 3.52. The highest BCUT2D eigenvalue weighted by Gasteiger charge is 2.22. The molecule has 0 aromatic heterocycles. The van der Waals surface area contributed by atoms with Gasteiger partial charge in [-0.15, -0.1) is 0 Å². The van der Waals surface area contributed by atoms with E-state index in [0.717, 1.165) is 12.0 Å². The molecule has 1 N–H and O–H groups in total. The first-order chi connectivity index (χ1) is 9.11. The van der Waals surface area contributed by atoms with E-state index in [4.69, 9.17) is 14.6 Å². The topological polar surface area (TPSA) is 72.8 Å². The van der Waals surface area contributed by atoms with Gasteiger partial charge >= 0.3 is 5.97 Å². The maximum atomic E-state index is 11.7. The maximum Gasteiger partial charge on any atom is 0.303 e. The van der Waals surface area contributed by atoms with Crippen molar-refractivity contribution >= 4 is 11.8 Å². The largest absolute Gasteiger partial charge is 0.493 e. The smallest absolute Gasteiger partial charge is 0.303 e. The molecule has 19 heavy (non-hydrogen) atoms. The predicted molar refractivity (Wildman–Crippen MR) is 68.0 cm³/mol. The molecule has 1 aromatic carbocycles. The number of ketones is 1. The number of carbonyl (C=O) groups excluding carboxylic acids is 1. The minimum Gasteiger partial charge on any atom is -0.493 e. The third kappa shape index (κ3) is 3.05. The molecule has 0 saturated carbocycles. The second-order valence-corrected chi connectivity index (χ2v) is 4.43. The van der Waals surface area contributed by atoms with Crippen LogP contribution in [0.3, 0.4) is 0 Å². The van der Waals surface area contributed by atoms with Crippen molar-refractivity contribution in [2.45, 2.75) is 25.7 Å². The van der Waals surface area contributed by atoms with Crippen molar-refractivity contribution in [1.82, 2.24) is 0 Å². The van der Waals surface area contributed by atoms with Crippen LogP contribution in [0.15, 0.2) is 12.1 Å². The van der Waals surface area contributed by atoms with Crippen LogP contribution >= 0.6 is 0 Å². The lowest BCUT2D eigenvalue weighted by molar-refractivity contribution is -0.137. The van der Waals surface area contributed by atoms with Crippen molar-refractivity contribution in [3.63, 3.8) is 0 Å². The summed E-state index contributed by atoms with van der Waals surface area (Å²) < 4.78 is 10.7. The van der Waals surface area contributed by atoms with Gasteiger partial charge in [0.2, 0.25) is 0 Å². The minimum atomic E-state index is -0.848. The molecular formula is C14H16O5. The number of aryl methyl sites for hydroxylation is 1. The van der Waals surface area contributed by atoms with Crippen LogP contribution in [-0.2, 0) is 11.2 Å². The van der Waals surface area contributed by atoms with Crippen molar-refractivity contribution in [2.75, 3.05) is 13.7 Å². The Labute approximate surface area is 111 Å². The van der Waals surface area contributed by atoms with E-state index < -0.39 is 5.97 Å². The normalized spacial score (nSPS) is 13.2. The zero-order valence-corrected chi connectivity index (χ0v) is 10.8. The first kappa shape index (κ1) is 13.4. The van der Waals surface area contributed by atoms with Crippen molar-refractivity contribution in [2.24, 2.45) is 0 Å². The highest BCUT2D eigenvalue weighted by Crippen LogP contribution is 2.35. The van der Waals surface area contributed by atoms with Crippen LogP contribution in [0.1, 0.15) is 35.2 Å². The fourth-order valence-corrected chi connectivity index (χ4v) is 2.13. The summed E-state index contributed by atoms with van der Waals surface area (Å²) in [6.07, 6.45) is 1.75. The molecule has 5 heteroatoms. The van der Waals surface area contributed by atoms with E-state index in [2.05, 4.69) is 0 Å². The summed E-state index contributed by atoms with van der Waals surface area (Å²) >= 11 is 0. The highest BCUT2D eigenvalue weighted by atomic mass is 16.5. The molecule has 0 heterocycles. The SMILES string of the molecule is COc1cc2c(cc1OCCCC(=O)O)C(=O)CC2. The molecule has 5 nitrogen and oxygen atoms in total. The lowest BCUT2D eigenvalue weighted by Crippen LogP contribution is -2.04. The third-order valence-electron chi connectivity index (χ3n) is 3.10. The Morgan fingerprint density at radius 3 is 2.79 bits per heavy atom. The number of carboxylic acids is 1. The van der Waals surface area contributed by atoms with Crippen molar-refractivity contribution in [1.29, 1.82) is 0 Å². The fourth-order valence-electron chi connectivity index (χ4n) is 2.13. The van der Waals surface area contributed by atoms with Gasteiger partial charge in [-0.3, -0.25) is 9.59 Å². The summed E-state index contributed by atoms with van der Waals surface area (Å²) in [7, 11) is 1.54. The first-order valence-corrected chi connectivity index (χ1v) is 6.20.